The van der Waals surface area contributed by atoms with Crippen molar-refractivity contribution < 1.29 is 18.4 Å². The van der Waals surface area contributed by atoms with Gasteiger partial charge in [-0.1, -0.05) is 19.0 Å². The van der Waals surface area contributed by atoms with Gasteiger partial charge in [-0.05, 0) is 19.3 Å². The first-order valence-electron chi connectivity index (χ1n) is 6.00. The second-order valence-electron chi connectivity index (χ2n) is 4.25. The Morgan fingerprint density at radius 2 is 1.89 bits per heavy atom. The molecule has 9 heteroatoms. The van der Waals surface area contributed by atoms with Crippen LogP contribution in [0.1, 0.15) is 33.1 Å². The molecule has 0 radical (unpaired) electrons. The number of hydrogen-bond donors (Lipinski definition) is 4. The number of oxime groups is 1. The Morgan fingerprint density at radius 3 is 2.26 bits per heavy atom. The lowest BCUT2D eigenvalue weighted by molar-refractivity contribution is -0.128. The van der Waals surface area contributed by atoms with Crippen LogP contribution in [0.15, 0.2) is 5.16 Å². The predicted octanol–water partition coefficient (Wildman–Crippen LogP) is -0.666. The molecule has 0 unspecified atom stereocenters. The topological polar surface area (TPSA) is 148 Å². The summed E-state index contributed by atoms with van der Waals surface area (Å²) in [5, 5.41) is 19.1. The number of sulfonamides is 1. The Labute approximate surface area is 113 Å². The van der Waals surface area contributed by atoms with Crippen LogP contribution in [0.25, 0.3) is 0 Å². The maximum absolute atomic E-state index is 12.1. The summed E-state index contributed by atoms with van der Waals surface area (Å²) in [7, 11) is -3.53. The van der Waals surface area contributed by atoms with Crippen molar-refractivity contribution in [2.24, 2.45) is 21.4 Å². The maximum atomic E-state index is 12.1. The molecule has 6 N–H and O–H groups in total. The second kappa shape index (κ2) is 7.29. The molecule has 0 atom stereocenters. The van der Waals surface area contributed by atoms with Gasteiger partial charge in [0, 0.05) is 6.54 Å². The minimum absolute atomic E-state index is 0.151. The van der Waals surface area contributed by atoms with Gasteiger partial charge in [0.1, 0.15) is 5.41 Å². The van der Waals surface area contributed by atoms with Crippen molar-refractivity contribution in [2.45, 2.75) is 33.1 Å². The highest BCUT2D eigenvalue weighted by atomic mass is 32.2. The number of carbonyl (C=O) groups excluding carboxylic acids is 1. The van der Waals surface area contributed by atoms with Gasteiger partial charge < -0.3 is 16.3 Å². The molecule has 0 aromatic carbocycles. The number of amidine groups is 1. The normalized spacial score (nSPS) is 13.3. The van der Waals surface area contributed by atoms with Crippen LogP contribution in [0.4, 0.5) is 0 Å². The summed E-state index contributed by atoms with van der Waals surface area (Å²) in [5.41, 5.74) is 4.50. The van der Waals surface area contributed by atoms with Crippen molar-refractivity contribution in [1.29, 1.82) is 0 Å². The zero-order chi connectivity index (χ0) is 15.1. The quantitative estimate of drug-likeness (QED) is 0.154. The zero-order valence-electron chi connectivity index (χ0n) is 11.2. The van der Waals surface area contributed by atoms with Crippen LogP contribution in [-0.4, -0.2) is 37.7 Å². The lowest BCUT2D eigenvalue weighted by Gasteiger charge is -2.28. The number of primary sulfonamides is 1. The van der Waals surface area contributed by atoms with E-state index in [1.54, 1.807) is 13.8 Å². The fraction of sp³-hybridized carbons (Fsp3) is 0.800. The third-order valence-corrected chi connectivity index (χ3v) is 3.99. The molecule has 0 spiro atoms. The number of hydrogen-bond acceptors (Lipinski definition) is 5. The number of amides is 1. The summed E-state index contributed by atoms with van der Waals surface area (Å²) < 4.78 is 21.5. The van der Waals surface area contributed by atoms with Gasteiger partial charge in [-0.15, -0.1) is 0 Å². The number of rotatable bonds is 8. The predicted molar refractivity (Wildman–Crippen MR) is 72.0 cm³/mol. The van der Waals surface area contributed by atoms with Crippen LogP contribution in [0, 0.1) is 5.41 Å². The van der Waals surface area contributed by atoms with Crippen LogP contribution in [0.5, 0.6) is 0 Å². The lowest BCUT2D eigenvalue weighted by atomic mass is 9.80. The molecule has 0 aliphatic heterocycles. The van der Waals surface area contributed by atoms with E-state index in [1.807, 2.05) is 0 Å². The van der Waals surface area contributed by atoms with Gasteiger partial charge in [0.2, 0.25) is 15.9 Å². The number of nitrogens with one attached hydrogen (secondary N) is 1. The van der Waals surface area contributed by atoms with Crippen molar-refractivity contribution in [3.63, 3.8) is 0 Å². The lowest BCUT2D eigenvalue weighted by Crippen LogP contribution is -2.49. The molecule has 0 aliphatic rings. The van der Waals surface area contributed by atoms with E-state index in [4.69, 9.17) is 16.1 Å². The van der Waals surface area contributed by atoms with Gasteiger partial charge in [0.15, 0.2) is 5.84 Å². The van der Waals surface area contributed by atoms with Crippen molar-refractivity contribution in [1.82, 2.24) is 5.32 Å². The first-order valence-corrected chi connectivity index (χ1v) is 7.71. The van der Waals surface area contributed by atoms with Crippen LogP contribution in [0.3, 0.4) is 0 Å². The van der Waals surface area contributed by atoms with Gasteiger partial charge in [0.25, 0.3) is 0 Å². The van der Waals surface area contributed by atoms with E-state index in [-0.39, 0.29) is 30.5 Å². The average molecular weight is 294 g/mol. The largest absolute Gasteiger partial charge is 0.409 e. The monoisotopic (exact) mass is 294 g/mol. The van der Waals surface area contributed by atoms with E-state index >= 15 is 0 Å². The van der Waals surface area contributed by atoms with Crippen LogP contribution >= 0.6 is 0 Å². The number of carbonyl (C=O) groups is 1. The molecule has 0 aliphatic carbocycles. The minimum Gasteiger partial charge on any atom is -0.409 e. The van der Waals surface area contributed by atoms with Gasteiger partial charge >= 0.3 is 0 Å². The summed E-state index contributed by atoms with van der Waals surface area (Å²) in [6.45, 7) is 3.67. The van der Waals surface area contributed by atoms with Crippen molar-refractivity contribution in [3.05, 3.63) is 0 Å². The average Bonchev–Trinajstić information content (AvgIpc) is 2.35. The first-order chi connectivity index (χ1) is 8.73. The SMILES string of the molecule is CCC(CC)(C(=O)NCCCS(N)(=O)=O)C(N)=NO. The van der Waals surface area contributed by atoms with E-state index < -0.39 is 15.4 Å². The Kier molecular flexibility index (Phi) is 6.77. The number of nitrogens with zero attached hydrogens (tertiary/aromatic N) is 1. The maximum Gasteiger partial charge on any atom is 0.233 e. The number of nitrogens with two attached hydrogens (primary N) is 2. The first kappa shape index (κ1) is 17.6. The zero-order valence-corrected chi connectivity index (χ0v) is 12.0. The van der Waals surface area contributed by atoms with Crippen LogP contribution in [0.2, 0.25) is 0 Å². The molecule has 0 heterocycles. The van der Waals surface area contributed by atoms with E-state index in [9.17, 15) is 13.2 Å². The van der Waals surface area contributed by atoms with Gasteiger partial charge in [-0.3, -0.25) is 4.79 Å². The molecule has 0 saturated heterocycles. The smallest absolute Gasteiger partial charge is 0.233 e. The highest BCUT2D eigenvalue weighted by Crippen LogP contribution is 2.26. The summed E-state index contributed by atoms with van der Waals surface area (Å²) in [6, 6.07) is 0. The molecule has 0 rings (SSSR count). The third kappa shape index (κ3) is 5.03. The molecular formula is C10H22N4O4S. The Hall–Kier alpha value is -1.35. The summed E-state index contributed by atoms with van der Waals surface area (Å²) in [5.74, 6) is -0.745. The molecule has 0 bridgehead atoms. The molecule has 0 fully saturated rings. The standard InChI is InChI=1S/C10H22N4O4S/c1-3-10(4-2,8(11)14-16)9(15)13-6-5-7-19(12,17)18/h16H,3-7H2,1-2H3,(H2,11,14)(H,13,15)(H2,12,17,18). The summed E-state index contributed by atoms with van der Waals surface area (Å²) in [6.07, 6.45) is 0.963. The van der Waals surface area contributed by atoms with E-state index in [0.29, 0.717) is 12.8 Å². The fourth-order valence-electron chi connectivity index (χ4n) is 1.79. The Bertz CT molecular complexity index is 429. The van der Waals surface area contributed by atoms with Crippen molar-refractivity contribution >= 4 is 21.8 Å². The molecule has 0 aromatic rings. The minimum atomic E-state index is -3.53. The molecule has 112 valence electrons. The molecule has 1 amide bonds. The molecule has 19 heavy (non-hydrogen) atoms. The van der Waals surface area contributed by atoms with E-state index in [1.165, 1.54) is 0 Å². The fourth-order valence-corrected chi connectivity index (χ4v) is 2.34. The molecular weight excluding hydrogens is 272 g/mol. The highest BCUT2D eigenvalue weighted by Gasteiger charge is 2.39. The van der Waals surface area contributed by atoms with Crippen molar-refractivity contribution in [3.8, 4) is 0 Å². The van der Waals surface area contributed by atoms with Crippen LogP contribution < -0.4 is 16.2 Å². The summed E-state index contributed by atoms with van der Waals surface area (Å²) >= 11 is 0. The van der Waals surface area contributed by atoms with Gasteiger partial charge in [-0.25, -0.2) is 13.6 Å². The van der Waals surface area contributed by atoms with Gasteiger partial charge in [0.05, 0.1) is 5.75 Å². The second-order valence-corrected chi connectivity index (χ2v) is 5.98. The molecule has 0 saturated carbocycles. The molecule has 0 aromatic heterocycles. The van der Waals surface area contributed by atoms with E-state index in [0.717, 1.165) is 0 Å². The third-order valence-electron chi connectivity index (χ3n) is 3.13. The Morgan fingerprint density at radius 1 is 1.37 bits per heavy atom. The van der Waals surface area contributed by atoms with Crippen molar-refractivity contribution in [2.75, 3.05) is 12.3 Å². The Balaban J connectivity index is 4.60. The van der Waals surface area contributed by atoms with Crippen LogP contribution in [-0.2, 0) is 14.8 Å². The van der Waals surface area contributed by atoms with Gasteiger partial charge in [-0.2, -0.15) is 0 Å². The highest BCUT2D eigenvalue weighted by molar-refractivity contribution is 7.89. The molecule has 8 nitrogen and oxygen atoms in total. The van der Waals surface area contributed by atoms with E-state index in [2.05, 4.69) is 10.5 Å². The summed E-state index contributed by atoms with van der Waals surface area (Å²) in [4.78, 5) is 12.1.